The van der Waals surface area contributed by atoms with Crippen molar-refractivity contribution in [1.82, 2.24) is 19.9 Å². The fourth-order valence-electron chi connectivity index (χ4n) is 4.27. The second kappa shape index (κ2) is 9.14. The summed E-state index contributed by atoms with van der Waals surface area (Å²) in [6.07, 6.45) is 3.07. The van der Waals surface area contributed by atoms with Crippen LogP contribution >= 0.6 is 0 Å². The second-order valence-corrected chi connectivity index (χ2v) is 8.25. The van der Waals surface area contributed by atoms with E-state index in [1.165, 1.54) is 17.9 Å². The molecule has 4 rings (SSSR count). The van der Waals surface area contributed by atoms with Gasteiger partial charge in [-0.3, -0.25) is 9.59 Å². The van der Waals surface area contributed by atoms with Crippen LogP contribution in [0.15, 0.2) is 35.4 Å². The summed E-state index contributed by atoms with van der Waals surface area (Å²) in [5.74, 6) is -1.41. The lowest BCUT2D eigenvalue weighted by atomic mass is 10.0. The minimum Gasteiger partial charge on any atom is -0.467 e. The van der Waals surface area contributed by atoms with Gasteiger partial charge in [-0.2, -0.15) is 4.98 Å². The van der Waals surface area contributed by atoms with Crippen LogP contribution in [-0.2, 0) is 6.54 Å². The van der Waals surface area contributed by atoms with Gasteiger partial charge in [-0.15, -0.1) is 0 Å². The molecule has 0 spiro atoms. The quantitative estimate of drug-likeness (QED) is 0.610. The molecule has 1 aliphatic heterocycles. The fourth-order valence-corrected chi connectivity index (χ4v) is 4.27. The van der Waals surface area contributed by atoms with Gasteiger partial charge in [0.2, 0.25) is 0 Å². The number of piperazine rings is 1. The number of benzene rings is 1. The standard InChI is InChI=1S/C23H27FN6O3/c1-5-29-12-15(8-18(24)22(29)32)27-21(31)16-6-7-19(30-10-13(2)26-14(3)11-30)17-9-25-23(33-4)28-20(16)17/h6-9,12-14,26H,5,10-11H2,1-4H3,(H,27,31)/t13-,14-/m0/s1. The van der Waals surface area contributed by atoms with Crippen LogP contribution < -0.4 is 25.8 Å². The maximum atomic E-state index is 14.0. The van der Waals surface area contributed by atoms with Crippen LogP contribution in [0.3, 0.4) is 0 Å². The molecule has 1 saturated heterocycles. The van der Waals surface area contributed by atoms with Crippen LogP contribution in [0.4, 0.5) is 15.8 Å². The van der Waals surface area contributed by atoms with Gasteiger partial charge < -0.3 is 24.8 Å². The van der Waals surface area contributed by atoms with E-state index in [-0.39, 0.29) is 18.2 Å². The largest absolute Gasteiger partial charge is 0.467 e. The van der Waals surface area contributed by atoms with Crippen LogP contribution in [0.25, 0.3) is 10.9 Å². The maximum absolute atomic E-state index is 14.0. The molecule has 2 aromatic heterocycles. The van der Waals surface area contributed by atoms with Crippen molar-refractivity contribution >= 4 is 28.2 Å². The molecule has 1 fully saturated rings. The zero-order valence-corrected chi connectivity index (χ0v) is 19.1. The molecular weight excluding hydrogens is 427 g/mol. The Morgan fingerprint density at radius 3 is 2.70 bits per heavy atom. The van der Waals surface area contributed by atoms with E-state index in [0.29, 0.717) is 23.2 Å². The predicted molar refractivity (Wildman–Crippen MR) is 125 cm³/mol. The molecule has 3 aromatic rings. The molecule has 2 atom stereocenters. The molecule has 0 aliphatic carbocycles. The third-order valence-corrected chi connectivity index (χ3v) is 5.67. The van der Waals surface area contributed by atoms with Gasteiger partial charge in [0.15, 0.2) is 5.82 Å². The number of nitrogens with zero attached hydrogens (tertiary/aromatic N) is 4. The molecule has 10 heteroatoms. The zero-order chi connectivity index (χ0) is 23.7. The van der Waals surface area contributed by atoms with Gasteiger partial charge in [-0.1, -0.05) is 0 Å². The molecule has 0 bridgehead atoms. The minimum absolute atomic E-state index is 0.140. The summed E-state index contributed by atoms with van der Waals surface area (Å²) in [5, 5.41) is 6.91. The fraction of sp³-hybridized carbons (Fsp3) is 0.391. The Labute approximate surface area is 190 Å². The van der Waals surface area contributed by atoms with Gasteiger partial charge in [-0.05, 0) is 32.9 Å². The molecule has 33 heavy (non-hydrogen) atoms. The number of hydrogen-bond acceptors (Lipinski definition) is 7. The van der Waals surface area contributed by atoms with Gasteiger partial charge in [0, 0.05) is 61.3 Å². The smallest absolute Gasteiger partial charge is 0.316 e. The Morgan fingerprint density at radius 2 is 2.03 bits per heavy atom. The van der Waals surface area contributed by atoms with Crippen molar-refractivity contribution in [3.8, 4) is 6.01 Å². The topological polar surface area (TPSA) is 101 Å². The number of aryl methyl sites for hydroxylation is 1. The molecule has 0 unspecified atom stereocenters. The number of fused-ring (bicyclic) bond motifs is 1. The third-order valence-electron chi connectivity index (χ3n) is 5.67. The first-order valence-corrected chi connectivity index (χ1v) is 10.9. The Hall–Kier alpha value is -3.53. The summed E-state index contributed by atoms with van der Waals surface area (Å²) in [5.41, 5.74) is 1.10. The summed E-state index contributed by atoms with van der Waals surface area (Å²) in [6, 6.07) is 5.34. The van der Waals surface area contributed by atoms with Gasteiger partial charge in [-0.25, -0.2) is 9.37 Å². The lowest BCUT2D eigenvalue weighted by Gasteiger charge is -2.38. The van der Waals surface area contributed by atoms with Crippen LogP contribution in [0.1, 0.15) is 31.1 Å². The van der Waals surface area contributed by atoms with Crippen molar-refractivity contribution in [2.45, 2.75) is 39.4 Å². The first-order valence-electron chi connectivity index (χ1n) is 10.9. The number of carbonyl (C=O) groups excluding carboxylic acids is 1. The molecule has 2 N–H and O–H groups in total. The number of pyridine rings is 1. The first kappa shape index (κ1) is 22.7. The van der Waals surface area contributed by atoms with E-state index in [0.717, 1.165) is 30.2 Å². The lowest BCUT2D eigenvalue weighted by molar-refractivity contribution is 0.102. The van der Waals surface area contributed by atoms with Gasteiger partial charge in [0.25, 0.3) is 11.5 Å². The monoisotopic (exact) mass is 454 g/mol. The van der Waals surface area contributed by atoms with Gasteiger partial charge in [0.1, 0.15) is 0 Å². The Bertz CT molecular complexity index is 1250. The van der Waals surface area contributed by atoms with Crippen molar-refractivity contribution in [2.75, 3.05) is 30.4 Å². The number of halogens is 1. The van der Waals surface area contributed by atoms with Crippen LogP contribution in [0, 0.1) is 5.82 Å². The molecule has 0 saturated carbocycles. The Balaban J connectivity index is 1.76. The number of ether oxygens (including phenoxy) is 1. The van der Waals surface area contributed by atoms with Crippen LogP contribution in [0.5, 0.6) is 6.01 Å². The number of methoxy groups -OCH3 is 1. The first-order chi connectivity index (χ1) is 15.8. The number of hydrogen-bond donors (Lipinski definition) is 2. The molecule has 1 aliphatic rings. The van der Waals surface area contributed by atoms with E-state index in [9.17, 15) is 14.0 Å². The zero-order valence-electron chi connectivity index (χ0n) is 19.1. The van der Waals surface area contributed by atoms with Crippen molar-refractivity contribution in [1.29, 1.82) is 0 Å². The number of aromatic nitrogens is 3. The van der Waals surface area contributed by atoms with E-state index in [1.54, 1.807) is 19.2 Å². The van der Waals surface area contributed by atoms with Crippen molar-refractivity contribution in [3.63, 3.8) is 0 Å². The van der Waals surface area contributed by atoms with Crippen molar-refractivity contribution in [2.24, 2.45) is 0 Å². The lowest BCUT2D eigenvalue weighted by Crippen LogP contribution is -2.54. The highest BCUT2D eigenvalue weighted by Crippen LogP contribution is 2.31. The number of rotatable bonds is 5. The summed E-state index contributed by atoms with van der Waals surface area (Å²) >= 11 is 0. The van der Waals surface area contributed by atoms with E-state index in [1.807, 2.05) is 6.07 Å². The number of nitrogens with one attached hydrogen (secondary N) is 2. The van der Waals surface area contributed by atoms with E-state index < -0.39 is 17.3 Å². The summed E-state index contributed by atoms with van der Waals surface area (Å²) in [7, 11) is 1.46. The number of carbonyl (C=O) groups is 1. The summed E-state index contributed by atoms with van der Waals surface area (Å²) < 4.78 is 20.4. The predicted octanol–water partition coefficient (Wildman–Crippen LogP) is 2.40. The van der Waals surface area contributed by atoms with E-state index in [4.69, 9.17) is 4.74 Å². The highest BCUT2D eigenvalue weighted by Gasteiger charge is 2.24. The van der Waals surface area contributed by atoms with Crippen LogP contribution in [-0.4, -0.2) is 52.7 Å². The molecule has 3 heterocycles. The normalized spacial score (nSPS) is 18.4. The maximum Gasteiger partial charge on any atom is 0.316 e. The molecule has 174 valence electrons. The molecular formula is C23H27FN6O3. The molecule has 1 aromatic carbocycles. The van der Waals surface area contributed by atoms with E-state index in [2.05, 4.69) is 39.3 Å². The summed E-state index contributed by atoms with van der Waals surface area (Å²) in [6.45, 7) is 7.86. The highest BCUT2D eigenvalue weighted by atomic mass is 19.1. The second-order valence-electron chi connectivity index (χ2n) is 8.25. The number of anilines is 2. The Morgan fingerprint density at radius 1 is 1.30 bits per heavy atom. The third kappa shape index (κ3) is 4.51. The number of amides is 1. The molecule has 0 radical (unpaired) electrons. The van der Waals surface area contributed by atoms with Gasteiger partial charge >= 0.3 is 6.01 Å². The minimum atomic E-state index is -0.930. The molecule has 9 nitrogen and oxygen atoms in total. The van der Waals surface area contributed by atoms with E-state index >= 15 is 0 Å². The molecule has 1 amide bonds. The average molecular weight is 455 g/mol. The summed E-state index contributed by atoms with van der Waals surface area (Å²) in [4.78, 5) is 35.9. The van der Waals surface area contributed by atoms with Crippen molar-refractivity contribution < 1.29 is 13.9 Å². The SMILES string of the molecule is CCn1cc(NC(=O)c2ccc(N3C[C@H](C)N[C@@H](C)C3)c3cnc(OC)nc23)cc(F)c1=O. The Kier molecular flexibility index (Phi) is 6.28. The van der Waals surface area contributed by atoms with Crippen LogP contribution in [0.2, 0.25) is 0 Å². The van der Waals surface area contributed by atoms with Gasteiger partial charge in [0.05, 0.1) is 23.9 Å². The highest BCUT2D eigenvalue weighted by molar-refractivity contribution is 6.13. The van der Waals surface area contributed by atoms with Crippen molar-refractivity contribution in [3.05, 3.63) is 52.3 Å². The average Bonchev–Trinajstić information content (AvgIpc) is 2.79.